The predicted molar refractivity (Wildman–Crippen MR) is 180 cm³/mol. The molecule has 2 aliphatic carbocycles. The van der Waals surface area contributed by atoms with E-state index in [-0.39, 0.29) is 46.8 Å². The van der Waals surface area contributed by atoms with E-state index in [1.807, 2.05) is 0 Å². The summed E-state index contributed by atoms with van der Waals surface area (Å²) in [5.41, 5.74) is 1.98. The van der Waals surface area contributed by atoms with Crippen molar-refractivity contribution in [1.82, 2.24) is 19.9 Å². The first-order valence-electron chi connectivity index (χ1n) is 16.9. The molecule has 1 saturated carbocycles. The first-order valence-corrected chi connectivity index (χ1v) is 18.4. The number of aliphatic imine (C=N–C) groups is 1. The summed E-state index contributed by atoms with van der Waals surface area (Å²) >= 11 is 0. The summed E-state index contributed by atoms with van der Waals surface area (Å²) in [6.45, 7) is 0. The molecule has 0 spiro atoms. The average molecular weight is 724 g/mol. The molecule has 2 aliphatic heterocycles. The highest BCUT2D eigenvalue weighted by molar-refractivity contribution is 7.90. The second-order valence-electron chi connectivity index (χ2n) is 13.4. The second-order valence-corrected chi connectivity index (χ2v) is 15.3. The smallest absolute Gasteiger partial charge is 0.405 e. The van der Waals surface area contributed by atoms with Crippen LogP contribution in [0.3, 0.4) is 0 Å². The molecular formula is C35H35F2N5O8S. The number of rotatable bonds is 6. The number of nitrogens with one attached hydrogen (secondary N) is 2. The van der Waals surface area contributed by atoms with Crippen molar-refractivity contribution in [3.63, 3.8) is 0 Å². The maximum absolute atomic E-state index is 15.4. The highest BCUT2D eigenvalue weighted by Gasteiger charge is 2.49. The van der Waals surface area contributed by atoms with Gasteiger partial charge in [-0.3, -0.25) is 29.0 Å². The van der Waals surface area contributed by atoms with Crippen molar-refractivity contribution in [2.24, 2.45) is 10.9 Å². The van der Waals surface area contributed by atoms with Crippen molar-refractivity contribution in [2.45, 2.75) is 87.8 Å². The maximum Gasteiger partial charge on any atom is 0.405 e. The summed E-state index contributed by atoms with van der Waals surface area (Å²) < 4.78 is 63.8. The van der Waals surface area contributed by atoms with Crippen LogP contribution in [0, 0.1) is 17.6 Å². The van der Waals surface area contributed by atoms with Crippen LogP contribution < -0.4 is 14.8 Å². The minimum atomic E-state index is -3.96. The number of carbonyl (C=O) groups excluding carboxylic acids is 3. The Balaban J connectivity index is 1.31. The fourth-order valence-corrected chi connectivity index (χ4v) is 8.29. The summed E-state index contributed by atoms with van der Waals surface area (Å²) in [4.78, 5) is 63.0. The van der Waals surface area contributed by atoms with Gasteiger partial charge >= 0.3 is 6.09 Å². The lowest BCUT2D eigenvalue weighted by molar-refractivity contribution is -0.137. The number of allylic oxidation sites excluding steroid dienone is 2. The van der Waals surface area contributed by atoms with Crippen molar-refractivity contribution in [1.29, 1.82) is 0 Å². The Morgan fingerprint density at radius 3 is 2.57 bits per heavy atom. The quantitative estimate of drug-likeness (QED) is 0.309. The average Bonchev–Trinajstić information content (AvgIpc) is 4.01. The molecule has 51 heavy (non-hydrogen) atoms. The van der Waals surface area contributed by atoms with Gasteiger partial charge in [-0.05, 0) is 68.0 Å². The van der Waals surface area contributed by atoms with Gasteiger partial charge in [0.05, 0.1) is 28.8 Å². The monoisotopic (exact) mass is 723 g/mol. The molecule has 2 aromatic carbocycles. The molecule has 4 atom stereocenters. The number of ether oxygens (including phenoxy) is 1. The van der Waals surface area contributed by atoms with Crippen LogP contribution in [0.1, 0.15) is 64.2 Å². The zero-order chi connectivity index (χ0) is 36.0. The van der Waals surface area contributed by atoms with E-state index >= 15 is 4.39 Å². The summed E-state index contributed by atoms with van der Waals surface area (Å²) in [6.07, 6.45) is 1.46. The summed E-state index contributed by atoms with van der Waals surface area (Å²) in [7, 11) is -3.96. The third-order valence-electron chi connectivity index (χ3n) is 9.80. The molecule has 0 radical (unpaired) electrons. The molecule has 1 aromatic heterocycles. The maximum atomic E-state index is 15.4. The number of ketones is 1. The largest absolute Gasteiger partial charge is 0.465 e. The van der Waals surface area contributed by atoms with Crippen LogP contribution in [0.25, 0.3) is 21.7 Å². The zero-order valence-electron chi connectivity index (χ0n) is 27.3. The molecule has 0 unspecified atom stereocenters. The highest BCUT2D eigenvalue weighted by Crippen LogP contribution is 2.39. The Labute approximate surface area is 291 Å². The molecule has 4 aliphatic rings. The van der Waals surface area contributed by atoms with Crippen LogP contribution in [0.15, 0.2) is 52.7 Å². The number of fused-ring (bicyclic) bond motifs is 4. The van der Waals surface area contributed by atoms with Crippen LogP contribution in [0.2, 0.25) is 0 Å². The lowest BCUT2D eigenvalue weighted by atomic mass is 9.99. The summed E-state index contributed by atoms with van der Waals surface area (Å²) in [5, 5.41) is 11.4. The van der Waals surface area contributed by atoms with Crippen molar-refractivity contribution < 1.29 is 46.2 Å². The molecule has 16 heteroatoms. The molecular weight excluding hydrogens is 688 g/mol. The SMILES string of the molecule is O=C(O)N[C@H]1CCCCC2=C(C2)/N=C\[C@@H]2[C@H](C(=O)NS(=O)(=O)C3CC3)CC(=O)N2[C@H](Oc2nc3ccc(F)cc3c3c(F)cccc23)CCC1=O. The van der Waals surface area contributed by atoms with Gasteiger partial charge in [-0.1, -0.05) is 12.5 Å². The van der Waals surface area contributed by atoms with E-state index in [0.29, 0.717) is 38.5 Å². The number of Topliss-reactive ketones (excluding diaryl/α,β-unsaturated/α-hetero) is 1. The number of carbonyl (C=O) groups is 4. The number of amides is 3. The van der Waals surface area contributed by atoms with Crippen LogP contribution in [0.5, 0.6) is 5.88 Å². The van der Waals surface area contributed by atoms with Crippen LogP contribution in [0.4, 0.5) is 13.6 Å². The molecule has 7 rings (SSSR count). The van der Waals surface area contributed by atoms with Crippen molar-refractivity contribution in [3.8, 4) is 5.88 Å². The minimum absolute atomic E-state index is 0.0116. The standard InChI is InChI=1S/C35H35F2N5O8S/c36-19-8-11-25-22(15-19)32-21(5-3-6-24(32)37)34(39-25)50-31-13-12-29(43)26(40-35(46)47)7-2-1-4-18-14-27(18)38-17-28-23(16-30(44)42(28)31)33(45)41-51(48,49)20-9-10-20/h3,5-6,8,11,15,17,20,23,26,28,31,40H,1-2,4,7,9-10,12-14,16H2,(H,41,45)(H,46,47)/b38-17-/t23-,26+,28-,31-/m1/s1. The number of hydrogen-bond acceptors (Lipinski definition) is 9. The van der Waals surface area contributed by atoms with Crippen molar-refractivity contribution in [3.05, 3.63) is 59.3 Å². The Kier molecular flexibility index (Phi) is 9.20. The van der Waals surface area contributed by atoms with Gasteiger partial charge in [-0.25, -0.2) is 27.0 Å². The van der Waals surface area contributed by atoms with Crippen LogP contribution >= 0.6 is 0 Å². The third kappa shape index (κ3) is 7.27. The Bertz CT molecular complexity index is 2140. The van der Waals surface area contributed by atoms with E-state index in [2.05, 4.69) is 20.0 Å². The van der Waals surface area contributed by atoms with E-state index in [1.165, 1.54) is 35.4 Å². The molecule has 3 aromatic rings. The first kappa shape index (κ1) is 34.5. The molecule has 3 amide bonds. The molecule has 13 nitrogen and oxygen atoms in total. The van der Waals surface area contributed by atoms with Gasteiger partial charge < -0.3 is 15.2 Å². The zero-order valence-corrected chi connectivity index (χ0v) is 28.1. The molecule has 1 saturated heterocycles. The van der Waals surface area contributed by atoms with E-state index in [9.17, 15) is 37.1 Å². The Hall–Kier alpha value is -4.99. The fourth-order valence-electron chi connectivity index (χ4n) is 6.94. The number of nitrogens with zero attached hydrogens (tertiary/aromatic N) is 3. The van der Waals surface area contributed by atoms with Gasteiger partial charge in [-0.2, -0.15) is 0 Å². The number of carboxylic acid groups (broad SMARTS) is 1. The van der Waals surface area contributed by atoms with E-state index < -0.39 is 81.2 Å². The lowest BCUT2D eigenvalue weighted by Gasteiger charge is -2.33. The van der Waals surface area contributed by atoms with Crippen LogP contribution in [-0.2, 0) is 24.4 Å². The molecule has 268 valence electrons. The number of halogens is 2. The first-order chi connectivity index (χ1) is 24.4. The van der Waals surface area contributed by atoms with Gasteiger partial charge in [-0.15, -0.1) is 0 Å². The number of pyridine rings is 1. The number of aromatic nitrogens is 1. The summed E-state index contributed by atoms with van der Waals surface area (Å²) in [5.74, 6) is -4.56. The van der Waals surface area contributed by atoms with Gasteiger partial charge in [0.15, 0.2) is 12.0 Å². The normalized spacial score (nSPS) is 25.1. The van der Waals surface area contributed by atoms with Gasteiger partial charge in [0.1, 0.15) is 11.6 Å². The van der Waals surface area contributed by atoms with E-state index in [4.69, 9.17) is 4.74 Å². The molecule has 3 heterocycles. The summed E-state index contributed by atoms with van der Waals surface area (Å²) in [6, 6.07) is 5.63. The fraction of sp³-hybridized carbons (Fsp3) is 0.429. The van der Waals surface area contributed by atoms with Gasteiger partial charge in [0, 0.05) is 53.8 Å². The van der Waals surface area contributed by atoms with Gasteiger partial charge in [0.2, 0.25) is 27.7 Å². The lowest BCUT2D eigenvalue weighted by Crippen LogP contribution is -2.50. The third-order valence-corrected chi connectivity index (χ3v) is 11.6. The van der Waals surface area contributed by atoms with Crippen molar-refractivity contribution in [2.75, 3.05) is 0 Å². The number of sulfonamides is 1. The molecule has 0 bridgehead atoms. The number of benzene rings is 2. The Morgan fingerprint density at radius 2 is 1.80 bits per heavy atom. The number of hydrogen-bond donors (Lipinski definition) is 3. The topological polar surface area (TPSA) is 184 Å². The van der Waals surface area contributed by atoms with Crippen molar-refractivity contribution >= 4 is 61.6 Å². The van der Waals surface area contributed by atoms with E-state index in [0.717, 1.165) is 23.4 Å². The van der Waals surface area contributed by atoms with Crippen LogP contribution in [-0.4, -0.2) is 76.9 Å². The highest BCUT2D eigenvalue weighted by atomic mass is 32.2. The Morgan fingerprint density at radius 1 is 1.00 bits per heavy atom. The van der Waals surface area contributed by atoms with Gasteiger partial charge in [0.25, 0.3) is 0 Å². The molecule has 2 fully saturated rings. The molecule has 3 N–H and O–H groups in total. The minimum Gasteiger partial charge on any atom is -0.465 e. The van der Waals surface area contributed by atoms with E-state index in [1.54, 1.807) is 0 Å². The predicted octanol–water partition coefficient (Wildman–Crippen LogP) is 4.48. The second kappa shape index (κ2) is 13.6.